The minimum Gasteiger partial charge on any atom is -0.323 e. The van der Waals surface area contributed by atoms with Crippen molar-refractivity contribution in [2.45, 2.75) is 35.7 Å². The van der Waals surface area contributed by atoms with Crippen LogP contribution >= 0.6 is 11.8 Å². The lowest BCUT2D eigenvalue weighted by atomic mass is 10.00. The van der Waals surface area contributed by atoms with Gasteiger partial charge in [-0.25, -0.2) is 4.68 Å². The van der Waals surface area contributed by atoms with Crippen LogP contribution in [0.15, 0.2) is 29.4 Å². The van der Waals surface area contributed by atoms with E-state index in [4.69, 9.17) is 5.73 Å². The summed E-state index contributed by atoms with van der Waals surface area (Å²) < 4.78 is 1.70. The molecular weight excluding hydrogens is 258 g/mol. The molecule has 3 rings (SSSR count). The SMILES string of the molecule is Cn1nnnc1SC1CCCc2ccccc2C1N. The van der Waals surface area contributed by atoms with Gasteiger partial charge in [-0.15, -0.1) is 5.10 Å². The number of hydrogen-bond acceptors (Lipinski definition) is 5. The molecule has 0 amide bonds. The molecule has 19 heavy (non-hydrogen) atoms. The Morgan fingerprint density at radius 3 is 3.00 bits per heavy atom. The molecule has 0 spiro atoms. The fourth-order valence-electron chi connectivity index (χ4n) is 2.55. The minimum absolute atomic E-state index is 0.0420. The summed E-state index contributed by atoms with van der Waals surface area (Å²) in [5, 5.41) is 12.8. The highest BCUT2D eigenvalue weighted by atomic mass is 32.2. The van der Waals surface area contributed by atoms with Gasteiger partial charge >= 0.3 is 0 Å². The summed E-state index contributed by atoms with van der Waals surface area (Å²) >= 11 is 1.68. The number of hydrogen-bond donors (Lipinski definition) is 1. The predicted octanol–water partition coefficient (Wildman–Crippen LogP) is 1.71. The van der Waals surface area contributed by atoms with Gasteiger partial charge in [0.25, 0.3) is 0 Å². The van der Waals surface area contributed by atoms with Crippen LogP contribution in [0.2, 0.25) is 0 Å². The summed E-state index contributed by atoms with van der Waals surface area (Å²) in [5.41, 5.74) is 9.11. The van der Waals surface area contributed by atoms with E-state index in [-0.39, 0.29) is 6.04 Å². The van der Waals surface area contributed by atoms with Crippen molar-refractivity contribution in [3.8, 4) is 0 Å². The zero-order chi connectivity index (χ0) is 13.2. The number of rotatable bonds is 2. The summed E-state index contributed by atoms with van der Waals surface area (Å²) in [5.74, 6) is 0. The lowest BCUT2D eigenvalue weighted by Crippen LogP contribution is -2.23. The predicted molar refractivity (Wildman–Crippen MR) is 74.8 cm³/mol. The number of fused-ring (bicyclic) bond motifs is 1. The first-order valence-electron chi connectivity index (χ1n) is 6.48. The third kappa shape index (κ3) is 2.50. The van der Waals surface area contributed by atoms with Crippen LogP contribution in [-0.2, 0) is 13.5 Å². The number of aromatic nitrogens is 4. The highest BCUT2D eigenvalue weighted by molar-refractivity contribution is 7.99. The van der Waals surface area contributed by atoms with E-state index in [0.29, 0.717) is 5.25 Å². The van der Waals surface area contributed by atoms with Crippen LogP contribution in [0, 0.1) is 0 Å². The molecule has 1 aliphatic carbocycles. The molecule has 0 saturated heterocycles. The van der Waals surface area contributed by atoms with E-state index in [1.165, 1.54) is 11.1 Å². The molecule has 5 nitrogen and oxygen atoms in total. The van der Waals surface area contributed by atoms with E-state index in [1.54, 1.807) is 16.4 Å². The summed E-state index contributed by atoms with van der Waals surface area (Å²) in [7, 11) is 1.86. The van der Waals surface area contributed by atoms with Gasteiger partial charge in [0.2, 0.25) is 5.16 Å². The second-order valence-electron chi connectivity index (χ2n) is 4.86. The Morgan fingerprint density at radius 2 is 2.21 bits per heavy atom. The number of nitrogens with zero attached hydrogens (tertiary/aromatic N) is 4. The average Bonchev–Trinajstić information content (AvgIpc) is 2.75. The van der Waals surface area contributed by atoms with E-state index >= 15 is 0 Å². The molecule has 1 heterocycles. The Labute approximate surface area is 116 Å². The van der Waals surface area contributed by atoms with Crippen molar-refractivity contribution in [2.24, 2.45) is 12.8 Å². The Balaban J connectivity index is 1.86. The van der Waals surface area contributed by atoms with Crippen molar-refractivity contribution in [3.05, 3.63) is 35.4 Å². The molecule has 0 aliphatic heterocycles. The number of tetrazole rings is 1. The topological polar surface area (TPSA) is 69.6 Å². The van der Waals surface area contributed by atoms with Crippen molar-refractivity contribution in [3.63, 3.8) is 0 Å². The molecule has 0 fully saturated rings. The molecule has 0 saturated carbocycles. The number of benzene rings is 1. The van der Waals surface area contributed by atoms with E-state index in [0.717, 1.165) is 24.4 Å². The Morgan fingerprint density at radius 1 is 1.37 bits per heavy atom. The van der Waals surface area contributed by atoms with Crippen molar-refractivity contribution < 1.29 is 0 Å². The normalized spacial score (nSPS) is 22.8. The molecule has 0 bridgehead atoms. The van der Waals surface area contributed by atoms with Crippen molar-refractivity contribution >= 4 is 11.8 Å². The van der Waals surface area contributed by atoms with Crippen LogP contribution in [0.1, 0.15) is 30.0 Å². The third-order valence-corrected chi connectivity index (χ3v) is 4.98. The molecule has 1 aromatic heterocycles. The van der Waals surface area contributed by atoms with Crippen molar-refractivity contribution in [2.75, 3.05) is 0 Å². The molecule has 1 aliphatic rings. The van der Waals surface area contributed by atoms with E-state index < -0.39 is 0 Å². The molecule has 1 aromatic carbocycles. The standard InChI is InChI=1S/C13H17N5S/c1-18-13(15-16-17-18)19-11-8-4-6-9-5-2-3-7-10(9)12(11)14/h2-3,5,7,11-12H,4,6,8,14H2,1H3. The maximum absolute atomic E-state index is 6.46. The summed E-state index contributed by atoms with van der Waals surface area (Å²) in [6.07, 6.45) is 3.36. The Bertz CT molecular complexity index is 568. The molecule has 2 unspecified atom stereocenters. The molecular formula is C13H17N5S. The van der Waals surface area contributed by atoms with E-state index in [2.05, 4.69) is 39.8 Å². The Hall–Kier alpha value is -1.40. The quantitative estimate of drug-likeness (QED) is 0.845. The fraction of sp³-hybridized carbons (Fsp3) is 0.462. The second kappa shape index (κ2) is 5.30. The summed E-state index contributed by atoms with van der Waals surface area (Å²) in [6.45, 7) is 0. The van der Waals surface area contributed by atoms with Crippen LogP contribution in [-0.4, -0.2) is 25.5 Å². The van der Waals surface area contributed by atoms with Gasteiger partial charge < -0.3 is 5.73 Å². The van der Waals surface area contributed by atoms with Gasteiger partial charge in [0, 0.05) is 18.3 Å². The van der Waals surface area contributed by atoms with Crippen LogP contribution < -0.4 is 5.73 Å². The molecule has 2 N–H and O–H groups in total. The van der Waals surface area contributed by atoms with Gasteiger partial charge in [0.15, 0.2) is 0 Å². The van der Waals surface area contributed by atoms with Gasteiger partial charge in [-0.2, -0.15) is 0 Å². The van der Waals surface area contributed by atoms with Crippen molar-refractivity contribution in [1.29, 1.82) is 0 Å². The number of nitrogens with two attached hydrogens (primary N) is 1. The molecule has 2 atom stereocenters. The molecule has 2 aromatic rings. The lowest BCUT2D eigenvalue weighted by molar-refractivity contribution is 0.621. The highest BCUT2D eigenvalue weighted by Gasteiger charge is 2.26. The zero-order valence-corrected chi connectivity index (χ0v) is 11.7. The Kier molecular flexibility index (Phi) is 3.52. The fourth-order valence-corrected chi connectivity index (χ4v) is 3.67. The number of thioether (sulfide) groups is 1. The highest BCUT2D eigenvalue weighted by Crippen LogP contribution is 2.36. The van der Waals surface area contributed by atoms with Gasteiger partial charge in [-0.3, -0.25) is 0 Å². The summed E-state index contributed by atoms with van der Waals surface area (Å²) in [4.78, 5) is 0. The van der Waals surface area contributed by atoms with Gasteiger partial charge in [-0.1, -0.05) is 36.0 Å². The first-order chi connectivity index (χ1) is 9.25. The van der Waals surface area contributed by atoms with Gasteiger partial charge in [-0.05, 0) is 40.8 Å². The number of aryl methyl sites for hydroxylation is 2. The maximum Gasteiger partial charge on any atom is 0.209 e. The van der Waals surface area contributed by atoms with Gasteiger partial charge in [0.1, 0.15) is 0 Å². The molecule has 100 valence electrons. The third-order valence-electron chi connectivity index (χ3n) is 3.59. The monoisotopic (exact) mass is 275 g/mol. The minimum atomic E-state index is 0.0420. The maximum atomic E-state index is 6.46. The van der Waals surface area contributed by atoms with E-state index in [1.807, 2.05) is 7.05 Å². The van der Waals surface area contributed by atoms with E-state index in [9.17, 15) is 0 Å². The largest absolute Gasteiger partial charge is 0.323 e. The van der Waals surface area contributed by atoms with Crippen LogP contribution in [0.3, 0.4) is 0 Å². The smallest absolute Gasteiger partial charge is 0.209 e. The first-order valence-corrected chi connectivity index (χ1v) is 7.36. The van der Waals surface area contributed by atoms with Gasteiger partial charge in [0.05, 0.1) is 0 Å². The zero-order valence-electron chi connectivity index (χ0n) is 10.9. The first kappa shape index (κ1) is 12.6. The van der Waals surface area contributed by atoms with Crippen LogP contribution in [0.4, 0.5) is 0 Å². The molecule has 0 radical (unpaired) electrons. The second-order valence-corrected chi connectivity index (χ2v) is 6.06. The average molecular weight is 275 g/mol. The van der Waals surface area contributed by atoms with Crippen LogP contribution in [0.25, 0.3) is 0 Å². The van der Waals surface area contributed by atoms with Crippen LogP contribution in [0.5, 0.6) is 0 Å². The molecule has 6 heteroatoms. The summed E-state index contributed by atoms with van der Waals surface area (Å²) in [6, 6.07) is 8.53. The lowest BCUT2D eigenvalue weighted by Gasteiger charge is -2.21. The van der Waals surface area contributed by atoms with Crippen molar-refractivity contribution in [1.82, 2.24) is 20.2 Å².